The van der Waals surface area contributed by atoms with E-state index in [9.17, 15) is 0 Å². The van der Waals surface area contributed by atoms with Crippen LogP contribution in [0.3, 0.4) is 0 Å². The van der Waals surface area contributed by atoms with Crippen molar-refractivity contribution in [2.75, 3.05) is 10.7 Å². The van der Waals surface area contributed by atoms with Crippen molar-refractivity contribution in [1.29, 1.82) is 0 Å². The first-order valence-corrected chi connectivity index (χ1v) is 17.9. The molecule has 4 heterocycles. The molecular weight excluding hydrogens is 615 g/mol. The lowest BCUT2D eigenvalue weighted by molar-refractivity contribution is 0.947. The highest BCUT2D eigenvalue weighted by molar-refractivity contribution is 7.99. The summed E-state index contributed by atoms with van der Waals surface area (Å²) in [6.45, 7) is 4.49. The van der Waals surface area contributed by atoms with Gasteiger partial charge in [-0.25, -0.2) is 4.99 Å². The van der Waals surface area contributed by atoms with E-state index in [-0.39, 0.29) is 5.92 Å². The molecule has 1 aliphatic carbocycles. The Morgan fingerprint density at radius 2 is 1.59 bits per heavy atom. The van der Waals surface area contributed by atoms with Crippen molar-refractivity contribution in [2.45, 2.75) is 23.7 Å². The minimum atomic E-state index is 0.138. The van der Waals surface area contributed by atoms with Crippen molar-refractivity contribution in [2.24, 2.45) is 4.99 Å². The second kappa shape index (κ2) is 12.5. The van der Waals surface area contributed by atoms with E-state index in [2.05, 4.69) is 174 Å². The molecule has 0 amide bonds. The highest BCUT2D eigenvalue weighted by atomic mass is 32.2. The molecule has 1 unspecified atom stereocenters. The molecule has 4 aliphatic rings. The van der Waals surface area contributed by atoms with E-state index in [4.69, 9.17) is 4.99 Å². The Balaban J connectivity index is 1.24. The number of hydrogen-bond acceptors (Lipinski definition) is 3. The van der Waals surface area contributed by atoms with Crippen LogP contribution in [0.25, 0.3) is 33.1 Å². The van der Waals surface area contributed by atoms with Crippen LogP contribution < -0.4 is 4.90 Å². The SMILES string of the molecule is C=C1/C=C(C2=NC(N3C4=CC(/C=C\C/C=C\4)c4c3ccc3c4c4ccccc4n3-c3ccccc3)=CCC=C2)\C=C/CSc2ccccc21. The number of aromatic nitrogens is 1. The molecule has 0 radical (unpaired) electrons. The third kappa shape index (κ3) is 5.20. The quantitative estimate of drug-likeness (QED) is 0.181. The molecule has 1 aromatic heterocycles. The van der Waals surface area contributed by atoms with Crippen LogP contribution in [0.4, 0.5) is 5.69 Å². The predicted molar refractivity (Wildman–Crippen MR) is 210 cm³/mol. The van der Waals surface area contributed by atoms with Crippen molar-refractivity contribution in [3.8, 4) is 5.69 Å². The van der Waals surface area contributed by atoms with Crippen molar-refractivity contribution in [3.05, 3.63) is 193 Å². The molecule has 0 fully saturated rings. The number of thioether (sulfide) groups is 1. The van der Waals surface area contributed by atoms with Gasteiger partial charge in [0.2, 0.25) is 0 Å². The average Bonchev–Trinajstić information content (AvgIpc) is 3.32. The molecule has 3 aliphatic heterocycles. The van der Waals surface area contributed by atoms with Gasteiger partial charge >= 0.3 is 0 Å². The summed E-state index contributed by atoms with van der Waals surface area (Å²) in [7, 11) is 0. The van der Waals surface area contributed by atoms with Gasteiger partial charge in [0.15, 0.2) is 0 Å². The van der Waals surface area contributed by atoms with Gasteiger partial charge in [0.1, 0.15) is 5.82 Å². The van der Waals surface area contributed by atoms with E-state index >= 15 is 0 Å². The first-order valence-electron chi connectivity index (χ1n) is 17.0. The van der Waals surface area contributed by atoms with Gasteiger partial charge in [-0.15, -0.1) is 11.8 Å². The zero-order chi connectivity index (χ0) is 32.7. The molecule has 3 nitrogen and oxygen atoms in total. The summed E-state index contributed by atoms with van der Waals surface area (Å²) in [5, 5.41) is 2.56. The standard InChI is InChI=1S/C45H35N3S/c1-31-29-32(16-14-28-49-42-24-12-9-20-36(31)42)38-22-10-13-25-43(46-38)48-35-19-7-2-4-15-33(30-35)44-40(48)26-27-41-45(44)37-21-8-11-23-39(37)47(41)34-17-5-3-6-18-34/h3-12,14-27,29-30,33H,1-2,13,28H2/b15-4-,16-14-,19-7-,32-29+. The number of benzene rings is 4. The normalized spacial score (nSPS) is 21.7. The van der Waals surface area contributed by atoms with E-state index in [1.54, 1.807) is 0 Å². The molecular formula is C45H35N3S. The Bertz CT molecular complexity index is 2410. The summed E-state index contributed by atoms with van der Waals surface area (Å²) in [6.07, 6.45) is 26.6. The Morgan fingerprint density at radius 1 is 0.755 bits per heavy atom. The Kier molecular flexibility index (Phi) is 7.52. The van der Waals surface area contributed by atoms with Crippen LogP contribution >= 0.6 is 11.8 Å². The number of allylic oxidation sites excluding steroid dienone is 12. The summed E-state index contributed by atoms with van der Waals surface area (Å²) in [6, 6.07) is 32.7. The first kappa shape index (κ1) is 29.6. The number of anilines is 1. The van der Waals surface area contributed by atoms with E-state index < -0.39 is 0 Å². The van der Waals surface area contributed by atoms with Crippen LogP contribution in [0.15, 0.2) is 191 Å². The largest absolute Gasteiger partial charge is 0.309 e. The number of para-hydroxylation sites is 2. The van der Waals surface area contributed by atoms with Crippen molar-refractivity contribution in [3.63, 3.8) is 0 Å². The second-order valence-electron chi connectivity index (χ2n) is 12.6. The van der Waals surface area contributed by atoms with Crippen LogP contribution in [0.2, 0.25) is 0 Å². The molecule has 0 saturated heterocycles. The molecule has 0 saturated carbocycles. The molecule has 4 aromatic carbocycles. The highest BCUT2D eigenvalue weighted by Crippen LogP contribution is 2.48. The minimum absolute atomic E-state index is 0.138. The van der Waals surface area contributed by atoms with Gasteiger partial charge in [-0.2, -0.15) is 0 Å². The number of fused-ring (bicyclic) bond motifs is 8. The van der Waals surface area contributed by atoms with Crippen molar-refractivity contribution < 1.29 is 0 Å². The number of hydrogen-bond donors (Lipinski definition) is 0. The lowest BCUT2D eigenvalue weighted by Gasteiger charge is -2.35. The molecule has 9 rings (SSSR count). The van der Waals surface area contributed by atoms with Gasteiger partial charge in [-0.1, -0.05) is 97.6 Å². The number of nitrogens with zero attached hydrogens (tertiary/aromatic N) is 3. The zero-order valence-electron chi connectivity index (χ0n) is 27.2. The maximum atomic E-state index is 5.46. The van der Waals surface area contributed by atoms with Crippen LogP contribution in [-0.4, -0.2) is 16.0 Å². The summed E-state index contributed by atoms with van der Waals surface area (Å²) in [5.41, 5.74) is 11.4. The second-order valence-corrected chi connectivity index (χ2v) is 13.7. The fraction of sp³-hybridized carbons (Fsp3) is 0.0889. The number of rotatable bonds is 3. The van der Waals surface area contributed by atoms with Gasteiger partial charge in [-0.3, -0.25) is 4.90 Å². The van der Waals surface area contributed by atoms with E-state index in [1.807, 2.05) is 11.8 Å². The summed E-state index contributed by atoms with van der Waals surface area (Å²) in [5.74, 6) is 1.96. The summed E-state index contributed by atoms with van der Waals surface area (Å²) < 4.78 is 2.41. The highest BCUT2D eigenvalue weighted by Gasteiger charge is 2.31. The van der Waals surface area contributed by atoms with Crippen molar-refractivity contribution >= 4 is 50.5 Å². The first-order chi connectivity index (χ1) is 24.2. The Hall–Kier alpha value is -5.58. The van der Waals surface area contributed by atoms with E-state index in [0.29, 0.717) is 0 Å². The van der Waals surface area contributed by atoms with Gasteiger partial charge in [-0.05, 0) is 96.3 Å². The van der Waals surface area contributed by atoms with Crippen LogP contribution in [0, 0.1) is 0 Å². The molecule has 236 valence electrons. The monoisotopic (exact) mass is 649 g/mol. The van der Waals surface area contributed by atoms with E-state index in [1.165, 1.54) is 49.2 Å². The molecule has 49 heavy (non-hydrogen) atoms. The molecule has 0 spiro atoms. The van der Waals surface area contributed by atoms with Crippen molar-refractivity contribution in [1.82, 2.24) is 4.57 Å². The maximum absolute atomic E-state index is 5.46. The Labute approximate surface area is 291 Å². The van der Waals surface area contributed by atoms with Crippen LogP contribution in [0.1, 0.15) is 29.9 Å². The maximum Gasteiger partial charge on any atom is 0.134 e. The average molecular weight is 650 g/mol. The lowest BCUT2D eigenvalue weighted by Crippen LogP contribution is -2.26. The molecule has 1 atom stereocenters. The third-order valence-electron chi connectivity index (χ3n) is 9.62. The molecule has 2 bridgehead atoms. The fourth-order valence-corrected chi connectivity index (χ4v) is 8.38. The summed E-state index contributed by atoms with van der Waals surface area (Å²) in [4.78, 5) is 9.09. The fourth-order valence-electron chi connectivity index (χ4n) is 7.48. The van der Waals surface area contributed by atoms with Crippen LogP contribution in [-0.2, 0) is 0 Å². The zero-order valence-corrected chi connectivity index (χ0v) is 28.0. The predicted octanol–water partition coefficient (Wildman–Crippen LogP) is 11.6. The smallest absolute Gasteiger partial charge is 0.134 e. The van der Waals surface area contributed by atoms with E-state index in [0.717, 1.165) is 47.0 Å². The van der Waals surface area contributed by atoms with Crippen LogP contribution in [0.5, 0.6) is 0 Å². The van der Waals surface area contributed by atoms with Gasteiger partial charge in [0.25, 0.3) is 0 Å². The molecule has 4 heteroatoms. The lowest BCUT2D eigenvalue weighted by atomic mass is 9.86. The number of aliphatic imine (C=N–C) groups is 1. The van der Waals surface area contributed by atoms with Gasteiger partial charge in [0, 0.05) is 44.3 Å². The minimum Gasteiger partial charge on any atom is -0.309 e. The van der Waals surface area contributed by atoms with Gasteiger partial charge in [0.05, 0.1) is 22.4 Å². The van der Waals surface area contributed by atoms with Gasteiger partial charge < -0.3 is 4.57 Å². The topological polar surface area (TPSA) is 20.5 Å². The Morgan fingerprint density at radius 3 is 2.53 bits per heavy atom. The molecule has 5 aromatic rings. The summed E-state index contributed by atoms with van der Waals surface area (Å²) >= 11 is 1.84. The molecule has 0 N–H and O–H groups in total. The third-order valence-corrected chi connectivity index (χ3v) is 10.7.